The molecule has 3 aromatic rings. The lowest BCUT2D eigenvalue weighted by atomic mass is 10.2. The number of nitriles is 1. The third-order valence-corrected chi connectivity index (χ3v) is 6.42. The molecule has 0 fully saturated rings. The predicted octanol–water partition coefficient (Wildman–Crippen LogP) is 3.95. The Bertz CT molecular complexity index is 1310. The first kappa shape index (κ1) is 22.7. The van der Waals surface area contributed by atoms with E-state index in [0.29, 0.717) is 11.3 Å². The van der Waals surface area contributed by atoms with Gasteiger partial charge >= 0.3 is 0 Å². The molecule has 1 amide bonds. The van der Waals surface area contributed by atoms with Crippen molar-refractivity contribution in [3.63, 3.8) is 0 Å². The highest BCUT2D eigenvalue weighted by molar-refractivity contribution is 7.92. The minimum atomic E-state index is -4.36. The van der Waals surface area contributed by atoms with Crippen LogP contribution in [0.4, 0.5) is 17.1 Å². The Morgan fingerprint density at radius 2 is 1.75 bits per heavy atom. The van der Waals surface area contributed by atoms with E-state index in [1.165, 1.54) is 36.4 Å². The standard InChI is InChI=1S/C21H15ClN4O5S/c22-19-11-10-18(12-20(19)26(28)29)32(30,31)25(17-4-2-1-3-5-17)14-21(27)24-16-8-6-15(13-23)7-9-16/h1-12H,14H2,(H,24,27). The fourth-order valence-corrected chi connectivity index (χ4v) is 4.42. The summed E-state index contributed by atoms with van der Waals surface area (Å²) < 4.78 is 27.5. The van der Waals surface area contributed by atoms with E-state index in [2.05, 4.69) is 5.32 Å². The number of benzene rings is 3. The van der Waals surface area contributed by atoms with Crippen molar-refractivity contribution in [1.29, 1.82) is 5.26 Å². The summed E-state index contributed by atoms with van der Waals surface area (Å²) in [6.07, 6.45) is 0. The number of nitro groups is 1. The van der Waals surface area contributed by atoms with Crippen LogP contribution in [-0.2, 0) is 14.8 Å². The molecule has 1 N–H and O–H groups in total. The molecule has 0 spiro atoms. The summed E-state index contributed by atoms with van der Waals surface area (Å²) in [6, 6.07) is 19.0. The number of rotatable bonds is 7. The van der Waals surface area contributed by atoms with Gasteiger partial charge in [0.2, 0.25) is 5.91 Å². The molecular weight excluding hydrogens is 456 g/mol. The van der Waals surface area contributed by atoms with Crippen LogP contribution in [0.3, 0.4) is 0 Å². The van der Waals surface area contributed by atoms with Crippen LogP contribution in [0.5, 0.6) is 0 Å². The van der Waals surface area contributed by atoms with E-state index in [4.69, 9.17) is 16.9 Å². The Morgan fingerprint density at radius 3 is 2.34 bits per heavy atom. The van der Waals surface area contributed by atoms with Gasteiger partial charge in [-0.15, -0.1) is 0 Å². The lowest BCUT2D eigenvalue weighted by molar-refractivity contribution is -0.384. The molecule has 0 unspecified atom stereocenters. The number of nitrogens with one attached hydrogen (secondary N) is 1. The molecule has 0 heterocycles. The summed E-state index contributed by atoms with van der Waals surface area (Å²) >= 11 is 5.80. The van der Waals surface area contributed by atoms with Gasteiger partial charge in [0.25, 0.3) is 15.7 Å². The molecule has 0 aliphatic rings. The van der Waals surface area contributed by atoms with Gasteiger partial charge in [-0.1, -0.05) is 29.8 Å². The van der Waals surface area contributed by atoms with E-state index in [0.717, 1.165) is 22.5 Å². The van der Waals surface area contributed by atoms with E-state index in [1.54, 1.807) is 18.2 Å². The van der Waals surface area contributed by atoms with Crippen LogP contribution in [-0.4, -0.2) is 25.8 Å². The number of amides is 1. The summed E-state index contributed by atoms with van der Waals surface area (Å²) in [4.78, 5) is 22.7. The number of anilines is 2. The fraction of sp³-hybridized carbons (Fsp3) is 0.0476. The van der Waals surface area contributed by atoms with Crippen molar-refractivity contribution in [1.82, 2.24) is 0 Å². The van der Waals surface area contributed by atoms with Gasteiger partial charge in [0.05, 0.1) is 27.1 Å². The van der Waals surface area contributed by atoms with Gasteiger partial charge in [0.15, 0.2) is 0 Å². The third-order valence-electron chi connectivity index (χ3n) is 4.33. The molecule has 32 heavy (non-hydrogen) atoms. The Morgan fingerprint density at radius 1 is 1.09 bits per heavy atom. The second kappa shape index (κ2) is 9.47. The molecule has 0 saturated heterocycles. The van der Waals surface area contributed by atoms with Crippen LogP contribution in [0, 0.1) is 21.4 Å². The van der Waals surface area contributed by atoms with E-state index in [1.807, 2.05) is 6.07 Å². The zero-order valence-corrected chi connectivity index (χ0v) is 17.9. The summed E-state index contributed by atoms with van der Waals surface area (Å²) in [5, 5.41) is 22.4. The first-order valence-corrected chi connectivity index (χ1v) is 10.9. The van der Waals surface area contributed by atoms with Gasteiger partial charge in [-0.3, -0.25) is 19.2 Å². The number of para-hydroxylation sites is 1. The lowest BCUT2D eigenvalue weighted by Crippen LogP contribution is -2.38. The van der Waals surface area contributed by atoms with E-state index < -0.39 is 33.1 Å². The molecule has 162 valence electrons. The molecule has 0 atom stereocenters. The van der Waals surface area contributed by atoms with E-state index in [-0.39, 0.29) is 15.6 Å². The lowest BCUT2D eigenvalue weighted by Gasteiger charge is -2.24. The van der Waals surface area contributed by atoms with Crippen molar-refractivity contribution in [3.8, 4) is 6.07 Å². The van der Waals surface area contributed by atoms with Crippen LogP contribution in [0.2, 0.25) is 5.02 Å². The molecule has 3 aromatic carbocycles. The van der Waals surface area contributed by atoms with Gasteiger partial charge in [-0.2, -0.15) is 5.26 Å². The summed E-state index contributed by atoms with van der Waals surface area (Å²) in [6.45, 7) is -0.594. The number of hydrogen-bond donors (Lipinski definition) is 1. The van der Waals surface area contributed by atoms with Crippen LogP contribution in [0.25, 0.3) is 0 Å². The van der Waals surface area contributed by atoms with Crippen molar-refractivity contribution < 1.29 is 18.1 Å². The number of hydrogen-bond acceptors (Lipinski definition) is 6. The molecule has 9 nitrogen and oxygen atoms in total. The number of halogens is 1. The van der Waals surface area contributed by atoms with Crippen molar-refractivity contribution in [2.75, 3.05) is 16.2 Å². The third kappa shape index (κ3) is 5.03. The summed E-state index contributed by atoms with van der Waals surface area (Å²) in [5.74, 6) is -0.648. The number of sulfonamides is 1. The van der Waals surface area contributed by atoms with E-state index in [9.17, 15) is 23.3 Å². The number of carbonyl (C=O) groups is 1. The van der Waals surface area contributed by atoms with Crippen molar-refractivity contribution in [2.45, 2.75) is 4.90 Å². The molecule has 11 heteroatoms. The van der Waals surface area contributed by atoms with Crippen LogP contribution < -0.4 is 9.62 Å². The molecule has 3 rings (SSSR count). The van der Waals surface area contributed by atoms with Crippen LogP contribution in [0.1, 0.15) is 5.56 Å². The van der Waals surface area contributed by atoms with Crippen molar-refractivity contribution in [3.05, 3.63) is 93.5 Å². The highest BCUT2D eigenvalue weighted by atomic mass is 35.5. The number of nitrogens with zero attached hydrogens (tertiary/aromatic N) is 3. The molecule has 0 aliphatic carbocycles. The van der Waals surface area contributed by atoms with Crippen LogP contribution in [0.15, 0.2) is 77.7 Å². The second-order valence-corrected chi connectivity index (χ2v) is 8.72. The monoisotopic (exact) mass is 470 g/mol. The average Bonchev–Trinajstić information content (AvgIpc) is 2.78. The minimum Gasteiger partial charge on any atom is -0.325 e. The van der Waals surface area contributed by atoms with Crippen molar-refractivity contribution in [2.24, 2.45) is 0 Å². The summed E-state index contributed by atoms with van der Waals surface area (Å²) in [7, 11) is -4.36. The van der Waals surface area contributed by atoms with Gasteiger partial charge < -0.3 is 5.32 Å². The normalized spacial score (nSPS) is 10.8. The molecular formula is C21H15ClN4O5S. The van der Waals surface area contributed by atoms with Crippen molar-refractivity contribution >= 4 is 44.6 Å². The maximum atomic E-state index is 13.3. The number of nitro benzene ring substituents is 1. The number of carbonyl (C=O) groups excluding carboxylic acids is 1. The molecule has 0 bridgehead atoms. The maximum Gasteiger partial charge on any atom is 0.289 e. The van der Waals surface area contributed by atoms with Gasteiger partial charge in [-0.25, -0.2) is 8.42 Å². The molecule has 0 aliphatic heterocycles. The minimum absolute atomic E-state index is 0.195. The smallest absolute Gasteiger partial charge is 0.289 e. The molecule has 0 radical (unpaired) electrons. The first-order chi connectivity index (χ1) is 15.2. The topological polar surface area (TPSA) is 133 Å². The average molecular weight is 471 g/mol. The Hall–Kier alpha value is -3.94. The molecule has 0 saturated carbocycles. The highest BCUT2D eigenvalue weighted by Crippen LogP contribution is 2.30. The Balaban J connectivity index is 1.96. The Labute approximate surface area is 188 Å². The SMILES string of the molecule is N#Cc1ccc(NC(=O)CN(c2ccccc2)S(=O)(=O)c2ccc(Cl)c([N+](=O)[O-])c2)cc1. The quantitative estimate of drug-likeness (QED) is 0.410. The fourth-order valence-electron chi connectivity index (χ4n) is 2.79. The first-order valence-electron chi connectivity index (χ1n) is 9.04. The highest BCUT2D eigenvalue weighted by Gasteiger charge is 2.29. The van der Waals surface area contributed by atoms with E-state index >= 15 is 0 Å². The van der Waals surface area contributed by atoms with Gasteiger partial charge in [0.1, 0.15) is 11.6 Å². The second-order valence-electron chi connectivity index (χ2n) is 6.45. The summed E-state index contributed by atoms with van der Waals surface area (Å²) in [5.41, 5.74) is 0.408. The molecule has 0 aromatic heterocycles. The van der Waals surface area contributed by atoms with Crippen LogP contribution >= 0.6 is 11.6 Å². The predicted molar refractivity (Wildman–Crippen MR) is 119 cm³/mol. The van der Waals surface area contributed by atoms with Gasteiger partial charge in [0, 0.05) is 11.8 Å². The zero-order chi connectivity index (χ0) is 23.3. The zero-order valence-electron chi connectivity index (χ0n) is 16.3. The largest absolute Gasteiger partial charge is 0.325 e. The van der Waals surface area contributed by atoms with Gasteiger partial charge in [-0.05, 0) is 48.5 Å². The Kier molecular flexibility index (Phi) is 6.73. The maximum absolute atomic E-state index is 13.3.